The van der Waals surface area contributed by atoms with E-state index in [9.17, 15) is 18.0 Å². The Labute approximate surface area is 126 Å². The standard InChI is InChI=1S/C14H25NO5S/c1-14(2,3)21(19,20)10-12(16)15-8-4-5-11(9-15)6-7-13(17)18/h11H,4-10H2,1-3H3,(H,17,18). The minimum absolute atomic E-state index is 0.0903. The number of carbonyl (C=O) groups excluding carboxylic acids is 1. The molecule has 1 heterocycles. The van der Waals surface area contributed by atoms with Crippen molar-refractivity contribution in [1.29, 1.82) is 0 Å². The molecule has 1 saturated heterocycles. The number of carboxylic acid groups (broad SMARTS) is 1. The molecule has 6 nitrogen and oxygen atoms in total. The van der Waals surface area contributed by atoms with E-state index >= 15 is 0 Å². The van der Waals surface area contributed by atoms with E-state index in [1.54, 1.807) is 25.7 Å². The van der Waals surface area contributed by atoms with Crippen molar-refractivity contribution in [3.8, 4) is 0 Å². The molecule has 0 aromatic rings. The summed E-state index contributed by atoms with van der Waals surface area (Å²) in [6.07, 6.45) is 2.31. The average molecular weight is 319 g/mol. The van der Waals surface area contributed by atoms with Gasteiger partial charge in [-0.1, -0.05) is 0 Å². The Bertz CT molecular complexity index is 492. The van der Waals surface area contributed by atoms with Gasteiger partial charge in [-0.05, 0) is 46.0 Å². The van der Waals surface area contributed by atoms with Crippen molar-refractivity contribution in [2.75, 3.05) is 18.8 Å². The fourth-order valence-electron chi connectivity index (χ4n) is 2.33. The Hall–Kier alpha value is -1.11. The van der Waals surface area contributed by atoms with Crippen LogP contribution in [0.2, 0.25) is 0 Å². The summed E-state index contributed by atoms with van der Waals surface area (Å²) >= 11 is 0. The lowest BCUT2D eigenvalue weighted by molar-refractivity contribution is -0.137. The van der Waals surface area contributed by atoms with Gasteiger partial charge >= 0.3 is 5.97 Å². The normalized spacial score (nSPS) is 20.3. The zero-order chi connectivity index (χ0) is 16.3. The van der Waals surface area contributed by atoms with Crippen molar-refractivity contribution in [1.82, 2.24) is 4.90 Å². The zero-order valence-corrected chi connectivity index (χ0v) is 13.8. The van der Waals surface area contributed by atoms with Crippen molar-refractivity contribution in [3.05, 3.63) is 0 Å². The number of carbonyl (C=O) groups is 2. The van der Waals surface area contributed by atoms with E-state index in [1.165, 1.54) is 0 Å². The lowest BCUT2D eigenvalue weighted by Gasteiger charge is -2.33. The molecule has 7 heteroatoms. The summed E-state index contributed by atoms with van der Waals surface area (Å²) in [7, 11) is -3.47. The van der Waals surface area contributed by atoms with Gasteiger partial charge in [0.25, 0.3) is 0 Å². The van der Waals surface area contributed by atoms with Crippen molar-refractivity contribution in [2.24, 2.45) is 5.92 Å². The summed E-state index contributed by atoms with van der Waals surface area (Å²) in [6.45, 7) is 5.78. The minimum atomic E-state index is -3.47. The fraction of sp³-hybridized carbons (Fsp3) is 0.857. The van der Waals surface area contributed by atoms with Gasteiger partial charge in [-0.2, -0.15) is 0 Å². The van der Waals surface area contributed by atoms with Crippen molar-refractivity contribution in [3.63, 3.8) is 0 Å². The van der Waals surface area contributed by atoms with Crippen molar-refractivity contribution < 1.29 is 23.1 Å². The molecule has 1 aliphatic rings. The second kappa shape index (κ2) is 6.77. The van der Waals surface area contributed by atoms with Crippen molar-refractivity contribution >= 4 is 21.7 Å². The van der Waals surface area contributed by atoms with Crippen LogP contribution < -0.4 is 0 Å². The molecule has 0 bridgehead atoms. The van der Waals surface area contributed by atoms with Gasteiger partial charge in [0.05, 0.1) is 4.75 Å². The van der Waals surface area contributed by atoms with Crippen LogP contribution in [0.4, 0.5) is 0 Å². The number of amides is 1. The molecule has 0 aromatic carbocycles. The summed E-state index contributed by atoms with van der Waals surface area (Å²) in [5, 5.41) is 8.70. The lowest BCUT2D eigenvalue weighted by atomic mass is 9.93. The number of carboxylic acids is 1. The van der Waals surface area contributed by atoms with Crippen molar-refractivity contribution in [2.45, 2.75) is 51.2 Å². The lowest BCUT2D eigenvalue weighted by Crippen LogP contribution is -2.45. The van der Waals surface area contributed by atoms with E-state index in [0.717, 1.165) is 12.8 Å². The number of likely N-dealkylation sites (tertiary alicyclic amines) is 1. The maximum Gasteiger partial charge on any atom is 0.303 e. The van der Waals surface area contributed by atoms with Crippen LogP contribution in [0.15, 0.2) is 0 Å². The second-order valence-corrected chi connectivity index (χ2v) is 9.39. The summed E-state index contributed by atoms with van der Waals surface area (Å²) in [5.74, 6) is -1.53. The molecule has 1 N–H and O–H groups in total. The first-order chi connectivity index (χ1) is 9.53. The largest absolute Gasteiger partial charge is 0.481 e. The third kappa shape index (κ3) is 5.30. The molecule has 0 aromatic heterocycles. The zero-order valence-electron chi connectivity index (χ0n) is 13.0. The molecule has 1 aliphatic heterocycles. The molecule has 0 aliphatic carbocycles. The van der Waals surface area contributed by atoms with E-state index in [1.807, 2.05) is 0 Å². The quantitative estimate of drug-likeness (QED) is 0.824. The monoisotopic (exact) mass is 319 g/mol. The highest BCUT2D eigenvalue weighted by atomic mass is 32.2. The Morgan fingerprint density at radius 2 is 1.90 bits per heavy atom. The molecule has 0 radical (unpaired) electrons. The Kier molecular flexibility index (Phi) is 5.78. The number of hydrogen-bond acceptors (Lipinski definition) is 4. The molecule has 1 atom stereocenters. The van der Waals surface area contributed by atoms with Gasteiger partial charge in [0.2, 0.25) is 5.91 Å². The van der Waals surface area contributed by atoms with Crippen LogP contribution in [-0.4, -0.2) is 53.9 Å². The van der Waals surface area contributed by atoms with Gasteiger partial charge in [0, 0.05) is 19.5 Å². The third-order valence-corrected chi connectivity index (χ3v) is 6.38. The van der Waals surface area contributed by atoms with Gasteiger partial charge in [-0.3, -0.25) is 9.59 Å². The van der Waals surface area contributed by atoms with E-state index < -0.39 is 26.3 Å². The molecule has 1 rings (SSSR count). The highest BCUT2D eigenvalue weighted by Gasteiger charge is 2.34. The van der Waals surface area contributed by atoms with E-state index in [4.69, 9.17) is 5.11 Å². The number of piperidine rings is 1. The van der Waals surface area contributed by atoms with Crippen LogP contribution >= 0.6 is 0 Å². The molecule has 1 amide bonds. The summed E-state index contributed by atoms with van der Waals surface area (Å²) < 4.78 is 23.2. The number of hydrogen-bond donors (Lipinski definition) is 1. The Morgan fingerprint density at radius 3 is 2.43 bits per heavy atom. The minimum Gasteiger partial charge on any atom is -0.481 e. The van der Waals surface area contributed by atoms with Gasteiger partial charge < -0.3 is 10.0 Å². The van der Waals surface area contributed by atoms with E-state index in [0.29, 0.717) is 19.5 Å². The van der Waals surface area contributed by atoms with Crippen LogP contribution in [0, 0.1) is 5.92 Å². The third-order valence-electron chi connectivity index (χ3n) is 3.88. The number of aliphatic carboxylic acids is 1. The highest BCUT2D eigenvalue weighted by Crippen LogP contribution is 2.22. The van der Waals surface area contributed by atoms with E-state index in [-0.39, 0.29) is 18.2 Å². The van der Waals surface area contributed by atoms with E-state index in [2.05, 4.69) is 0 Å². The highest BCUT2D eigenvalue weighted by molar-refractivity contribution is 7.93. The molecule has 1 fully saturated rings. The van der Waals surface area contributed by atoms with Crippen LogP contribution in [0.1, 0.15) is 46.5 Å². The van der Waals surface area contributed by atoms with Crippen LogP contribution in [0.5, 0.6) is 0 Å². The first-order valence-corrected chi connectivity index (χ1v) is 8.90. The number of rotatable bonds is 5. The summed E-state index contributed by atoms with van der Waals surface area (Å²) in [5.41, 5.74) is 0. The van der Waals surface area contributed by atoms with Crippen LogP contribution in [0.25, 0.3) is 0 Å². The number of sulfone groups is 1. The van der Waals surface area contributed by atoms with Crippen LogP contribution in [-0.2, 0) is 19.4 Å². The Morgan fingerprint density at radius 1 is 1.29 bits per heavy atom. The molecule has 1 unspecified atom stereocenters. The predicted octanol–water partition coefficient (Wildman–Crippen LogP) is 1.30. The smallest absolute Gasteiger partial charge is 0.303 e. The van der Waals surface area contributed by atoms with Gasteiger partial charge in [0.15, 0.2) is 9.84 Å². The second-order valence-electron chi connectivity index (χ2n) is 6.65. The fourth-order valence-corrected chi connectivity index (χ4v) is 3.27. The molecule has 0 spiro atoms. The first-order valence-electron chi connectivity index (χ1n) is 7.25. The van der Waals surface area contributed by atoms with Gasteiger partial charge in [-0.25, -0.2) is 8.42 Å². The predicted molar refractivity (Wildman–Crippen MR) is 79.7 cm³/mol. The number of nitrogens with zero attached hydrogens (tertiary/aromatic N) is 1. The average Bonchev–Trinajstić information content (AvgIpc) is 2.35. The molecular formula is C14H25NO5S. The molecular weight excluding hydrogens is 294 g/mol. The molecule has 122 valence electrons. The molecule has 21 heavy (non-hydrogen) atoms. The topological polar surface area (TPSA) is 91.8 Å². The molecule has 0 saturated carbocycles. The van der Waals surface area contributed by atoms with Crippen LogP contribution in [0.3, 0.4) is 0 Å². The maximum absolute atomic E-state index is 12.2. The van der Waals surface area contributed by atoms with Gasteiger partial charge in [0.1, 0.15) is 5.75 Å². The SMILES string of the molecule is CC(C)(C)S(=O)(=O)CC(=O)N1CCCC(CCC(=O)O)C1. The van der Waals surface area contributed by atoms with Gasteiger partial charge in [-0.15, -0.1) is 0 Å². The summed E-state index contributed by atoms with van der Waals surface area (Å²) in [6, 6.07) is 0. The Balaban J connectivity index is 2.60. The summed E-state index contributed by atoms with van der Waals surface area (Å²) in [4.78, 5) is 24.3. The maximum atomic E-state index is 12.2. The first kappa shape index (κ1) is 17.9.